The molecule has 1 heterocycles. The van der Waals surface area contributed by atoms with Crippen molar-refractivity contribution in [3.63, 3.8) is 0 Å². The second-order valence-corrected chi connectivity index (χ2v) is 2.22. The first-order chi connectivity index (χ1) is 4.66. The fraction of sp³-hybridized carbons (Fsp3) is 0.500. The van der Waals surface area contributed by atoms with Crippen molar-refractivity contribution in [1.82, 2.24) is 9.66 Å². The Kier molecular flexibility index (Phi) is 1.53. The smallest absolute Gasteiger partial charge is 0.145 e. The van der Waals surface area contributed by atoms with E-state index in [0.29, 0.717) is 5.82 Å². The lowest BCUT2D eigenvalue weighted by molar-refractivity contribution is 0.864. The molecule has 0 atom stereocenters. The zero-order valence-electron chi connectivity index (χ0n) is 6.26. The van der Waals surface area contributed by atoms with Crippen molar-refractivity contribution in [2.75, 3.05) is 11.6 Å². The van der Waals surface area contributed by atoms with Crippen molar-refractivity contribution in [2.24, 2.45) is 0 Å². The van der Waals surface area contributed by atoms with Crippen LogP contribution in [0.25, 0.3) is 0 Å². The molecular formula is C6H12N4. The van der Waals surface area contributed by atoms with E-state index in [0.717, 1.165) is 17.9 Å². The van der Waals surface area contributed by atoms with Crippen molar-refractivity contribution < 1.29 is 0 Å². The van der Waals surface area contributed by atoms with Crippen LogP contribution in [0, 0.1) is 6.92 Å². The Labute approximate surface area is 59.8 Å². The molecule has 1 aromatic rings. The Bertz CT molecular complexity index is 238. The molecule has 1 rings (SSSR count). The standard InChI is InChI=1S/C6H12N4/c1-3-5-9-4(2)6(7)10(5)8/h3,7-8H2,1-2H3. The number of nitrogens with zero attached hydrogens (tertiary/aromatic N) is 2. The number of aromatic nitrogens is 2. The molecule has 4 nitrogen and oxygen atoms in total. The monoisotopic (exact) mass is 140 g/mol. The largest absolute Gasteiger partial charge is 0.382 e. The Hall–Kier alpha value is -1.19. The Balaban J connectivity index is 3.17. The fourth-order valence-electron chi connectivity index (χ4n) is 0.867. The number of nitrogen functional groups attached to an aromatic ring is 2. The van der Waals surface area contributed by atoms with Crippen LogP contribution in [-0.2, 0) is 6.42 Å². The summed E-state index contributed by atoms with van der Waals surface area (Å²) in [6.07, 6.45) is 0.814. The van der Waals surface area contributed by atoms with Gasteiger partial charge in [-0.05, 0) is 6.92 Å². The SMILES string of the molecule is CCc1nc(C)c(N)n1N. The first-order valence-electron chi connectivity index (χ1n) is 3.25. The summed E-state index contributed by atoms with van der Waals surface area (Å²) in [6, 6.07) is 0. The molecule has 0 amide bonds. The molecule has 0 fully saturated rings. The molecule has 0 saturated carbocycles. The Morgan fingerprint density at radius 1 is 1.60 bits per heavy atom. The third-order valence-corrected chi connectivity index (χ3v) is 1.52. The van der Waals surface area contributed by atoms with Gasteiger partial charge < -0.3 is 11.6 Å². The summed E-state index contributed by atoms with van der Waals surface area (Å²) < 4.78 is 1.43. The quantitative estimate of drug-likeness (QED) is 0.541. The lowest BCUT2D eigenvalue weighted by atomic mass is 10.5. The van der Waals surface area contributed by atoms with Crippen molar-refractivity contribution in [3.8, 4) is 0 Å². The van der Waals surface area contributed by atoms with Gasteiger partial charge in [0.2, 0.25) is 0 Å². The molecule has 0 aliphatic carbocycles. The molecule has 56 valence electrons. The van der Waals surface area contributed by atoms with Crippen molar-refractivity contribution in [3.05, 3.63) is 11.5 Å². The predicted octanol–water partition coefficient (Wildman–Crippen LogP) is 0.0499. The number of anilines is 1. The second-order valence-electron chi connectivity index (χ2n) is 2.22. The van der Waals surface area contributed by atoms with E-state index in [-0.39, 0.29) is 0 Å². The van der Waals surface area contributed by atoms with E-state index in [1.165, 1.54) is 4.68 Å². The average molecular weight is 140 g/mol. The van der Waals surface area contributed by atoms with Gasteiger partial charge in [0, 0.05) is 6.42 Å². The lowest BCUT2D eigenvalue weighted by Crippen LogP contribution is -2.14. The molecule has 0 aromatic carbocycles. The minimum atomic E-state index is 0.553. The third kappa shape index (κ3) is 0.814. The van der Waals surface area contributed by atoms with Gasteiger partial charge in [0.25, 0.3) is 0 Å². The molecule has 1 aromatic heterocycles. The normalized spacial score (nSPS) is 10.2. The molecule has 0 aliphatic heterocycles. The Morgan fingerprint density at radius 2 is 2.20 bits per heavy atom. The molecule has 0 aliphatic rings. The van der Waals surface area contributed by atoms with Gasteiger partial charge in [-0.15, -0.1) is 0 Å². The number of nitrogens with two attached hydrogens (primary N) is 2. The van der Waals surface area contributed by atoms with Gasteiger partial charge in [-0.25, -0.2) is 9.66 Å². The van der Waals surface area contributed by atoms with Gasteiger partial charge in [-0.1, -0.05) is 6.92 Å². The lowest BCUT2D eigenvalue weighted by Gasteiger charge is -1.97. The maximum Gasteiger partial charge on any atom is 0.145 e. The fourth-order valence-corrected chi connectivity index (χ4v) is 0.867. The van der Waals surface area contributed by atoms with Crippen LogP contribution in [0.15, 0.2) is 0 Å². The third-order valence-electron chi connectivity index (χ3n) is 1.52. The highest BCUT2D eigenvalue weighted by Gasteiger charge is 2.05. The van der Waals surface area contributed by atoms with Gasteiger partial charge in [-0.2, -0.15) is 0 Å². The van der Waals surface area contributed by atoms with E-state index in [2.05, 4.69) is 4.98 Å². The predicted molar refractivity (Wildman–Crippen MR) is 40.9 cm³/mol. The van der Waals surface area contributed by atoms with Crippen molar-refractivity contribution >= 4 is 5.82 Å². The molecule has 0 bridgehead atoms. The van der Waals surface area contributed by atoms with E-state index in [4.69, 9.17) is 11.6 Å². The molecule has 0 saturated heterocycles. The van der Waals surface area contributed by atoms with E-state index in [9.17, 15) is 0 Å². The van der Waals surface area contributed by atoms with Crippen molar-refractivity contribution in [1.29, 1.82) is 0 Å². The second kappa shape index (κ2) is 2.21. The van der Waals surface area contributed by atoms with Gasteiger partial charge in [0.05, 0.1) is 5.69 Å². The molecule has 0 spiro atoms. The van der Waals surface area contributed by atoms with E-state index < -0.39 is 0 Å². The number of imidazole rings is 1. The zero-order valence-corrected chi connectivity index (χ0v) is 6.26. The van der Waals surface area contributed by atoms with E-state index in [1.54, 1.807) is 0 Å². The highest BCUT2D eigenvalue weighted by atomic mass is 15.4. The summed E-state index contributed by atoms with van der Waals surface area (Å²) in [6.45, 7) is 3.84. The van der Waals surface area contributed by atoms with Crippen LogP contribution in [0.2, 0.25) is 0 Å². The highest BCUT2D eigenvalue weighted by Crippen LogP contribution is 2.08. The first kappa shape index (κ1) is 6.92. The number of rotatable bonds is 1. The summed E-state index contributed by atoms with van der Waals surface area (Å²) in [5, 5.41) is 0. The minimum absolute atomic E-state index is 0.553. The molecule has 10 heavy (non-hydrogen) atoms. The van der Waals surface area contributed by atoms with Crippen LogP contribution < -0.4 is 11.6 Å². The number of hydrogen-bond donors (Lipinski definition) is 2. The van der Waals surface area contributed by atoms with Crippen LogP contribution >= 0.6 is 0 Å². The number of aryl methyl sites for hydroxylation is 2. The van der Waals surface area contributed by atoms with Crippen molar-refractivity contribution in [2.45, 2.75) is 20.3 Å². The van der Waals surface area contributed by atoms with Gasteiger partial charge in [0.1, 0.15) is 11.6 Å². The maximum absolute atomic E-state index is 5.55. The van der Waals surface area contributed by atoms with Gasteiger partial charge in [0.15, 0.2) is 0 Å². The molecule has 0 unspecified atom stereocenters. The van der Waals surface area contributed by atoms with Crippen LogP contribution in [0.5, 0.6) is 0 Å². The average Bonchev–Trinajstić information content (AvgIpc) is 2.17. The van der Waals surface area contributed by atoms with Gasteiger partial charge in [-0.3, -0.25) is 0 Å². The first-order valence-corrected chi connectivity index (χ1v) is 3.25. The van der Waals surface area contributed by atoms with Crippen LogP contribution in [0.3, 0.4) is 0 Å². The Morgan fingerprint density at radius 3 is 2.40 bits per heavy atom. The van der Waals surface area contributed by atoms with Crippen LogP contribution in [0.4, 0.5) is 5.82 Å². The highest BCUT2D eigenvalue weighted by molar-refractivity contribution is 5.36. The zero-order chi connectivity index (χ0) is 7.72. The van der Waals surface area contributed by atoms with E-state index >= 15 is 0 Å². The molecule has 4 heteroatoms. The number of hydrogen-bond acceptors (Lipinski definition) is 3. The van der Waals surface area contributed by atoms with E-state index in [1.807, 2.05) is 13.8 Å². The summed E-state index contributed by atoms with van der Waals surface area (Å²) in [7, 11) is 0. The summed E-state index contributed by atoms with van der Waals surface area (Å²) in [5.41, 5.74) is 6.36. The topological polar surface area (TPSA) is 69.9 Å². The molecule has 4 N–H and O–H groups in total. The summed E-state index contributed by atoms with van der Waals surface area (Å²) in [4.78, 5) is 4.14. The molecular weight excluding hydrogens is 128 g/mol. The van der Waals surface area contributed by atoms with Gasteiger partial charge >= 0.3 is 0 Å². The summed E-state index contributed by atoms with van der Waals surface area (Å²) in [5.74, 6) is 6.92. The minimum Gasteiger partial charge on any atom is -0.382 e. The maximum atomic E-state index is 5.55. The van der Waals surface area contributed by atoms with Crippen LogP contribution in [-0.4, -0.2) is 9.66 Å². The molecule has 0 radical (unpaired) electrons. The summed E-state index contributed by atoms with van der Waals surface area (Å²) >= 11 is 0. The van der Waals surface area contributed by atoms with Crippen LogP contribution in [0.1, 0.15) is 18.4 Å².